The van der Waals surface area contributed by atoms with Gasteiger partial charge in [0.05, 0.1) is 27.8 Å². The SMILES string of the molecule is O=c1[nH]c2cc3nc(-c4ccc(-c5cccc(OC(F)(F)F)c5)nc4)n(CCCN4CCCCC4)c3cc2nc1Cc1ccccc1. The van der Waals surface area contributed by atoms with Crippen LogP contribution < -0.4 is 10.3 Å². The molecule has 1 saturated heterocycles. The molecule has 0 amide bonds. The number of aromatic nitrogens is 5. The molecule has 3 aromatic heterocycles. The van der Waals surface area contributed by atoms with Crippen molar-refractivity contribution < 1.29 is 17.9 Å². The predicted molar refractivity (Wildman–Crippen MR) is 175 cm³/mol. The number of halogens is 3. The molecule has 1 N–H and O–H groups in total. The lowest BCUT2D eigenvalue weighted by molar-refractivity contribution is -0.274. The summed E-state index contributed by atoms with van der Waals surface area (Å²) in [6, 6.07) is 23.0. The van der Waals surface area contributed by atoms with E-state index in [-0.39, 0.29) is 11.3 Å². The van der Waals surface area contributed by atoms with Crippen molar-refractivity contribution >= 4 is 22.1 Å². The molecule has 8 nitrogen and oxygen atoms in total. The van der Waals surface area contributed by atoms with Crippen LogP contribution in [0.1, 0.15) is 36.9 Å². The Morgan fingerprint density at radius 3 is 2.43 bits per heavy atom. The van der Waals surface area contributed by atoms with Crippen molar-refractivity contribution in [1.29, 1.82) is 0 Å². The number of hydrogen-bond acceptors (Lipinski definition) is 6. The van der Waals surface area contributed by atoms with Crippen LogP contribution in [0, 0.1) is 0 Å². The van der Waals surface area contributed by atoms with Gasteiger partial charge in [-0.05, 0) is 80.9 Å². The summed E-state index contributed by atoms with van der Waals surface area (Å²) in [4.78, 5) is 32.8. The number of ether oxygens (including phenoxy) is 1. The number of imidazole rings is 1. The Morgan fingerprint density at radius 2 is 1.66 bits per heavy atom. The standard InChI is InChI=1S/C36H33F3N6O2/c37-36(38,39)47-27-12-7-11-25(20-27)28-14-13-26(23-40-28)34-42-31-21-29-30(41-32(35(46)43-29)19-24-9-3-1-4-10-24)22-33(31)45(34)18-8-17-44-15-5-2-6-16-44/h1,3-4,7,9-14,20-23H,2,5-6,8,15-19H2,(H,43,46). The number of piperidine rings is 1. The summed E-state index contributed by atoms with van der Waals surface area (Å²) in [7, 11) is 0. The zero-order valence-corrected chi connectivity index (χ0v) is 25.6. The number of hydrogen-bond donors (Lipinski definition) is 1. The maximum atomic E-state index is 13.0. The molecular weight excluding hydrogens is 605 g/mol. The normalized spacial score (nSPS) is 14.2. The Hall–Kier alpha value is -5.03. The van der Waals surface area contributed by atoms with E-state index in [4.69, 9.17) is 9.97 Å². The van der Waals surface area contributed by atoms with Crippen LogP contribution in [0.2, 0.25) is 0 Å². The van der Waals surface area contributed by atoms with Gasteiger partial charge in [0, 0.05) is 30.3 Å². The third-order valence-corrected chi connectivity index (χ3v) is 8.54. The van der Waals surface area contributed by atoms with Crippen LogP contribution >= 0.6 is 0 Å². The van der Waals surface area contributed by atoms with Crippen LogP contribution in [0.4, 0.5) is 13.2 Å². The molecule has 1 aliphatic rings. The highest BCUT2D eigenvalue weighted by molar-refractivity contribution is 5.93. The first-order chi connectivity index (χ1) is 22.8. The van der Waals surface area contributed by atoms with Crippen molar-refractivity contribution in [3.63, 3.8) is 0 Å². The number of pyridine rings is 1. The van der Waals surface area contributed by atoms with E-state index in [9.17, 15) is 18.0 Å². The van der Waals surface area contributed by atoms with Gasteiger partial charge in [0.2, 0.25) is 0 Å². The summed E-state index contributed by atoms with van der Waals surface area (Å²) < 4.78 is 44.6. The van der Waals surface area contributed by atoms with Gasteiger partial charge in [-0.3, -0.25) is 9.78 Å². The second-order valence-electron chi connectivity index (χ2n) is 11.9. The van der Waals surface area contributed by atoms with Gasteiger partial charge in [-0.2, -0.15) is 0 Å². The van der Waals surface area contributed by atoms with Crippen LogP contribution in [0.5, 0.6) is 5.75 Å². The van der Waals surface area contributed by atoms with E-state index < -0.39 is 6.36 Å². The van der Waals surface area contributed by atoms with Crippen molar-refractivity contribution in [3.8, 4) is 28.4 Å². The molecule has 4 heterocycles. The number of nitrogens with one attached hydrogen (secondary N) is 1. The molecule has 0 saturated carbocycles. The minimum atomic E-state index is -4.78. The maximum Gasteiger partial charge on any atom is 0.573 e. The molecule has 0 radical (unpaired) electrons. The lowest BCUT2D eigenvalue weighted by Gasteiger charge is -2.26. The molecule has 11 heteroatoms. The van der Waals surface area contributed by atoms with E-state index in [1.54, 1.807) is 18.3 Å². The van der Waals surface area contributed by atoms with Crippen molar-refractivity contribution in [2.45, 2.75) is 45.0 Å². The van der Waals surface area contributed by atoms with Gasteiger partial charge < -0.3 is 19.2 Å². The van der Waals surface area contributed by atoms with Gasteiger partial charge in [0.1, 0.15) is 17.3 Å². The van der Waals surface area contributed by atoms with E-state index in [1.165, 1.54) is 37.5 Å². The molecule has 3 aromatic carbocycles. The first kappa shape index (κ1) is 30.6. The number of rotatable bonds is 9. The summed E-state index contributed by atoms with van der Waals surface area (Å²) >= 11 is 0. The Labute approximate surface area is 268 Å². The smallest absolute Gasteiger partial charge is 0.406 e. The largest absolute Gasteiger partial charge is 0.573 e. The minimum absolute atomic E-state index is 0.230. The van der Waals surface area contributed by atoms with E-state index in [0.717, 1.165) is 48.2 Å². The second kappa shape index (κ2) is 13.0. The van der Waals surface area contributed by atoms with Crippen LogP contribution in [0.25, 0.3) is 44.7 Å². The van der Waals surface area contributed by atoms with Crippen molar-refractivity contribution in [1.82, 2.24) is 29.4 Å². The van der Waals surface area contributed by atoms with Crippen molar-refractivity contribution in [2.75, 3.05) is 19.6 Å². The molecule has 240 valence electrons. The Balaban J connectivity index is 1.24. The van der Waals surface area contributed by atoms with Crippen LogP contribution in [0.15, 0.2) is 89.9 Å². The highest BCUT2D eigenvalue weighted by atomic mass is 19.4. The number of aryl methyl sites for hydroxylation is 1. The topological polar surface area (TPSA) is 88.9 Å². The van der Waals surface area contributed by atoms with Gasteiger partial charge in [-0.1, -0.05) is 48.9 Å². The number of nitrogens with zero attached hydrogens (tertiary/aromatic N) is 5. The fourth-order valence-corrected chi connectivity index (χ4v) is 6.28. The first-order valence-electron chi connectivity index (χ1n) is 15.8. The van der Waals surface area contributed by atoms with Crippen LogP contribution in [-0.2, 0) is 13.0 Å². The molecule has 0 unspecified atom stereocenters. The molecule has 6 aromatic rings. The first-order valence-corrected chi connectivity index (χ1v) is 15.8. The molecule has 1 aliphatic heterocycles. The molecule has 47 heavy (non-hydrogen) atoms. The highest BCUT2D eigenvalue weighted by Crippen LogP contribution is 2.31. The minimum Gasteiger partial charge on any atom is -0.406 e. The molecule has 0 atom stereocenters. The number of alkyl halides is 3. The number of H-pyrrole nitrogens is 1. The van der Waals surface area contributed by atoms with Gasteiger partial charge >= 0.3 is 6.36 Å². The van der Waals surface area contributed by atoms with E-state index in [1.807, 2.05) is 48.5 Å². The summed E-state index contributed by atoms with van der Waals surface area (Å²) in [6.07, 6.45) is 1.99. The maximum absolute atomic E-state index is 13.0. The van der Waals surface area contributed by atoms with Gasteiger partial charge in [-0.15, -0.1) is 13.2 Å². The molecular formula is C36H33F3N6O2. The van der Waals surface area contributed by atoms with Gasteiger partial charge in [0.15, 0.2) is 0 Å². The van der Waals surface area contributed by atoms with E-state index >= 15 is 0 Å². The molecule has 0 bridgehead atoms. The van der Waals surface area contributed by atoms with E-state index in [0.29, 0.717) is 46.8 Å². The summed E-state index contributed by atoms with van der Waals surface area (Å²) in [5.41, 5.74) is 5.91. The molecule has 1 fully saturated rings. The van der Waals surface area contributed by atoms with Crippen molar-refractivity contribution in [3.05, 3.63) is 107 Å². The second-order valence-corrected chi connectivity index (χ2v) is 11.9. The summed E-state index contributed by atoms with van der Waals surface area (Å²) in [5.74, 6) is 0.413. The summed E-state index contributed by atoms with van der Waals surface area (Å²) in [5, 5.41) is 0. The molecule has 0 spiro atoms. The average Bonchev–Trinajstić information content (AvgIpc) is 3.41. The Kier molecular flexibility index (Phi) is 8.46. The van der Waals surface area contributed by atoms with Crippen LogP contribution in [0.3, 0.4) is 0 Å². The highest BCUT2D eigenvalue weighted by Gasteiger charge is 2.31. The number of fused-ring (bicyclic) bond motifs is 2. The number of likely N-dealkylation sites (tertiary alicyclic amines) is 1. The summed E-state index contributed by atoms with van der Waals surface area (Å²) in [6.45, 7) is 3.92. The zero-order valence-electron chi connectivity index (χ0n) is 25.6. The molecule has 7 rings (SSSR count). The molecule has 0 aliphatic carbocycles. The van der Waals surface area contributed by atoms with Gasteiger partial charge in [0.25, 0.3) is 5.56 Å². The average molecular weight is 639 g/mol. The van der Waals surface area contributed by atoms with Crippen LogP contribution in [-0.4, -0.2) is 55.4 Å². The third-order valence-electron chi connectivity index (χ3n) is 8.54. The lowest BCUT2D eigenvalue weighted by Crippen LogP contribution is -2.31. The Morgan fingerprint density at radius 1 is 0.830 bits per heavy atom. The van der Waals surface area contributed by atoms with E-state index in [2.05, 4.69) is 24.2 Å². The van der Waals surface area contributed by atoms with Gasteiger partial charge in [-0.25, -0.2) is 9.97 Å². The quantitative estimate of drug-likeness (QED) is 0.178. The zero-order chi connectivity index (χ0) is 32.4. The monoisotopic (exact) mass is 638 g/mol. The third kappa shape index (κ3) is 7.05. The number of aromatic amines is 1. The Bertz CT molecular complexity index is 2070. The fraction of sp³-hybridized carbons (Fsp3) is 0.278. The number of benzene rings is 3. The lowest BCUT2D eigenvalue weighted by atomic mass is 10.1. The van der Waals surface area contributed by atoms with Crippen molar-refractivity contribution in [2.24, 2.45) is 0 Å². The fourth-order valence-electron chi connectivity index (χ4n) is 6.28. The predicted octanol–water partition coefficient (Wildman–Crippen LogP) is 7.37.